The summed E-state index contributed by atoms with van der Waals surface area (Å²) in [5.74, 6) is 4.63. The second-order valence-corrected chi connectivity index (χ2v) is 3.50. The lowest BCUT2D eigenvalue weighted by molar-refractivity contribution is 0.491. The Hall–Kier alpha value is -1.20. The molecule has 2 nitrogen and oxygen atoms in total. The van der Waals surface area contributed by atoms with Crippen LogP contribution >= 0.6 is 0 Å². The van der Waals surface area contributed by atoms with Crippen LogP contribution in [0, 0.1) is 33.1 Å². The molecular formula is C12H17NO. The molecule has 1 aromatic heterocycles. The van der Waals surface area contributed by atoms with E-state index in [1.54, 1.807) is 0 Å². The summed E-state index contributed by atoms with van der Waals surface area (Å²) in [5.41, 5.74) is 2.42. The predicted molar refractivity (Wildman–Crippen MR) is 58.2 cm³/mol. The van der Waals surface area contributed by atoms with Gasteiger partial charge in [0, 0.05) is 18.0 Å². The molecule has 1 N–H and O–H groups in total. The minimum atomic E-state index is 0.206. The third-order valence-electron chi connectivity index (χ3n) is 2.64. The normalized spacial score (nSPS) is 12.5. The van der Waals surface area contributed by atoms with Crippen molar-refractivity contribution >= 4 is 0 Å². The first-order valence-electron chi connectivity index (χ1n) is 4.79. The fraction of sp³-hybridized carbons (Fsp3) is 0.500. The molecule has 0 aliphatic carbocycles. The summed E-state index contributed by atoms with van der Waals surface area (Å²) < 4.78 is 5.57. The van der Waals surface area contributed by atoms with Crippen LogP contribution in [0.5, 0.6) is 0 Å². The van der Waals surface area contributed by atoms with E-state index in [1.165, 1.54) is 11.1 Å². The molecule has 1 atom stereocenters. The van der Waals surface area contributed by atoms with Gasteiger partial charge >= 0.3 is 0 Å². The number of terminal acetylenes is 1. The van der Waals surface area contributed by atoms with Crippen LogP contribution in [0.2, 0.25) is 0 Å². The standard InChI is InChI=1S/C12H17NO/c1-6-7-11(13-5)12-8(2)9(3)14-10(12)4/h1,11,13H,7H2,2-5H3. The molecule has 0 aliphatic heterocycles. The number of hydrogen-bond acceptors (Lipinski definition) is 2. The van der Waals surface area contributed by atoms with Crippen LogP contribution in [0.3, 0.4) is 0 Å². The summed E-state index contributed by atoms with van der Waals surface area (Å²) in [4.78, 5) is 0. The van der Waals surface area contributed by atoms with Crippen molar-refractivity contribution in [3.63, 3.8) is 0 Å². The van der Waals surface area contributed by atoms with Gasteiger partial charge in [-0.15, -0.1) is 12.3 Å². The van der Waals surface area contributed by atoms with Gasteiger partial charge in [0.2, 0.25) is 0 Å². The molecule has 0 saturated heterocycles. The molecule has 0 bridgehead atoms. The van der Waals surface area contributed by atoms with Crippen LogP contribution in [-0.4, -0.2) is 7.05 Å². The van der Waals surface area contributed by atoms with Gasteiger partial charge in [0.15, 0.2) is 0 Å². The van der Waals surface area contributed by atoms with E-state index in [0.717, 1.165) is 11.5 Å². The second kappa shape index (κ2) is 4.34. The van der Waals surface area contributed by atoms with Crippen molar-refractivity contribution in [1.82, 2.24) is 5.32 Å². The smallest absolute Gasteiger partial charge is 0.106 e. The lowest BCUT2D eigenvalue weighted by atomic mass is 10.00. The fourth-order valence-electron chi connectivity index (χ4n) is 1.79. The van der Waals surface area contributed by atoms with Crippen molar-refractivity contribution in [2.45, 2.75) is 33.2 Å². The van der Waals surface area contributed by atoms with Crippen LogP contribution in [0.4, 0.5) is 0 Å². The Bertz CT molecular complexity index is 357. The highest BCUT2D eigenvalue weighted by molar-refractivity contribution is 5.34. The predicted octanol–water partition coefficient (Wildman–Crippen LogP) is 2.49. The molecule has 0 saturated carbocycles. The largest absolute Gasteiger partial charge is 0.466 e. The Balaban J connectivity index is 3.10. The van der Waals surface area contributed by atoms with Gasteiger partial charge in [-0.25, -0.2) is 0 Å². The zero-order chi connectivity index (χ0) is 10.7. The average molecular weight is 191 g/mol. The molecular weight excluding hydrogens is 174 g/mol. The topological polar surface area (TPSA) is 25.2 Å². The number of aryl methyl sites for hydroxylation is 2. The van der Waals surface area contributed by atoms with Gasteiger partial charge in [0.05, 0.1) is 0 Å². The molecule has 0 aliphatic rings. The monoisotopic (exact) mass is 191 g/mol. The van der Waals surface area contributed by atoms with Crippen molar-refractivity contribution in [3.8, 4) is 12.3 Å². The summed E-state index contributed by atoms with van der Waals surface area (Å²) in [6.07, 6.45) is 6.02. The molecule has 0 aromatic carbocycles. The van der Waals surface area contributed by atoms with Crippen molar-refractivity contribution < 1.29 is 4.42 Å². The van der Waals surface area contributed by atoms with Crippen LogP contribution in [0.25, 0.3) is 0 Å². The van der Waals surface area contributed by atoms with E-state index in [0.29, 0.717) is 6.42 Å². The minimum Gasteiger partial charge on any atom is -0.466 e. The molecule has 0 radical (unpaired) electrons. The molecule has 1 unspecified atom stereocenters. The first-order valence-corrected chi connectivity index (χ1v) is 4.79. The maximum absolute atomic E-state index is 5.57. The fourth-order valence-corrected chi connectivity index (χ4v) is 1.79. The Morgan fingerprint density at radius 1 is 1.36 bits per heavy atom. The molecule has 2 heteroatoms. The average Bonchev–Trinajstić information content (AvgIpc) is 2.39. The van der Waals surface area contributed by atoms with E-state index in [4.69, 9.17) is 10.8 Å². The van der Waals surface area contributed by atoms with Gasteiger partial charge in [-0.2, -0.15) is 0 Å². The second-order valence-electron chi connectivity index (χ2n) is 3.50. The highest BCUT2D eigenvalue weighted by Crippen LogP contribution is 2.28. The van der Waals surface area contributed by atoms with Gasteiger partial charge < -0.3 is 9.73 Å². The number of rotatable bonds is 3. The third kappa shape index (κ3) is 1.83. The van der Waals surface area contributed by atoms with Crippen molar-refractivity contribution in [3.05, 3.63) is 22.6 Å². The van der Waals surface area contributed by atoms with E-state index in [9.17, 15) is 0 Å². The van der Waals surface area contributed by atoms with Crippen molar-refractivity contribution in [1.29, 1.82) is 0 Å². The van der Waals surface area contributed by atoms with Gasteiger partial charge in [0.25, 0.3) is 0 Å². The SMILES string of the molecule is C#CCC(NC)c1c(C)oc(C)c1C. The van der Waals surface area contributed by atoms with Crippen LogP contribution in [-0.2, 0) is 0 Å². The quantitative estimate of drug-likeness (QED) is 0.742. The summed E-state index contributed by atoms with van der Waals surface area (Å²) in [6.45, 7) is 6.03. The van der Waals surface area contributed by atoms with E-state index < -0.39 is 0 Å². The molecule has 1 rings (SSSR count). The van der Waals surface area contributed by atoms with E-state index in [-0.39, 0.29) is 6.04 Å². The lowest BCUT2D eigenvalue weighted by Crippen LogP contribution is -2.16. The first kappa shape index (κ1) is 10.9. The molecule has 1 heterocycles. The molecule has 0 fully saturated rings. The highest BCUT2D eigenvalue weighted by Gasteiger charge is 2.18. The van der Waals surface area contributed by atoms with Gasteiger partial charge in [0.1, 0.15) is 11.5 Å². The van der Waals surface area contributed by atoms with E-state index in [2.05, 4.69) is 18.2 Å². The molecule has 76 valence electrons. The Morgan fingerprint density at radius 3 is 2.36 bits per heavy atom. The number of furan rings is 1. The Kier molecular flexibility index (Phi) is 3.38. The molecule has 1 aromatic rings. The lowest BCUT2D eigenvalue weighted by Gasteiger charge is -2.13. The van der Waals surface area contributed by atoms with Crippen LogP contribution in [0.15, 0.2) is 4.42 Å². The summed E-state index contributed by atoms with van der Waals surface area (Å²) >= 11 is 0. The molecule has 14 heavy (non-hydrogen) atoms. The minimum absolute atomic E-state index is 0.206. The van der Waals surface area contributed by atoms with Crippen LogP contribution in [0.1, 0.15) is 35.1 Å². The third-order valence-corrected chi connectivity index (χ3v) is 2.64. The zero-order valence-corrected chi connectivity index (χ0v) is 9.27. The van der Waals surface area contributed by atoms with Gasteiger partial charge in [-0.05, 0) is 33.4 Å². The van der Waals surface area contributed by atoms with E-state index >= 15 is 0 Å². The van der Waals surface area contributed by atoms with Gasteiger partial charge in [-0.1, -0.05) is 0 Å². The highest BCUT2D eigenvalue weighted by atomic mass is 16.3. The van der Waals surface area contributed by atoms with Crippen LogP contribution < -0.4 is 5.32 Å². The maximum atomic E-state index is 5.57. The van der Waals surface area contributed by atoms with Crippen molar-refractivity contribution in [2.24, 2.45) is 0 Å². The summed E-state index contributed by atoms with van der Waals surface area (Å²) in [7, 11) is 1.92. The summed E-state index contributed by atoms with van der Waals surface area (Å²) in [6, 6.07) is 0.206. The number of nitrogens with one attached hydrogen (secondary N) is 1. The number of hydrogen-bond donors (Lipinski definition) is 1. The molecule has 0 amide bonds. The van der Waals surface area contributed by atoms with Crippen molar-refractivity contribution in [2.75, 3.05) is 7.05 Å². The Morgan fingerprint density at radius 2 is 2.00 bits per heavy atom. The Labute approximate surface area is 85.7 Å². The summed E-state index contributed by atoms with van der Waals surface area (Å²) in [5, 5.41) is 3.21. The molecule has 0 spiro atoms. The zero-order valence-electron chi connectivity index (χ0n) is 9.27. The first-order chi connectivity index (χ1) is 6.61. The van der Waals surface area contributed by atoms with Gasteiger partial charge in [-0.3, -0.25) is 0 Å². The van der Waals surface area contributed by atoms with E-state index in [1.807, 2.05) is 20.9 Å². The maximum Gasteiger partial charge on any atom is 0.106 e.